The van der Waals surface area contributed by atoms with Crippen LogP contribution in [0.1, 0.15) is 35.5 Å². The number of rotatable bonds is 4. The molecule has 0 aliphatic heterocycles. The number of aromatic nitrogens is 2. The molecule has 1 aromatic carbocycles. The van der Waals surface area contributed by atoms with E-state index < -0.39 is 0 Å². The maximum atomic E-state index is 6.31. The van der Waals surface area contributed by atoms with E-state index >= 15 is 0 Å². The van der Waals surface area contributed by atoms with Crippen molar-refractivity contribution in [1.82, 2.24) is 9.78 Å². The van der Waals surface area contributed by atoms with E-state index in [-0.39, 0.29) is 6.04 Å². The molecule has 4 heteroatoms. The zero-order valence-corrected chi connectivity index (χ0v) is 12.4. The number of aryl methyl sites for hydroxylation is 3. The van der Waals surface area contributed by atoms with Gasteiger partial charge in [0.05, 0.1) is 16.4 Å². The summed E-state index contributed by atoms with van der Waals surface area (Å²) in [6, 6.07) is 8.26. The highest BCUT2D eigenvalue weighted by Gasteiger charge is 2.16. The summed E-state index contributed by atoms with van der Waals surface area (Å²) in [5, 5.41) is 5.16. The van der Waals surface area contributed by atoms with E-state index in [1.165, 1.54) is 5.56 Å². The summed E-state index contributed by atoms with van der Waals surface area (Å²) >= 11 is 6.31. The zero-order valence-electron chi connectivity index (χ0n) is 11.7. The van der Waals surface area contributed by atoms with Crippen LogP contribution in [0.3, 0.4) is 0 Å². The van der Waals surface area contributed by atoms with Crippen molar-refractivity contribution in [3.05, 3.63) is 51.8 Å². The average Bonchev–Trinajstić information content (AvgIpc) is 2.67. The van der Waals surface area contributed by atoms with E-state index in [9.17, 15) is 0 Å². The van der Waals surface area contributed by atoms with E-state index in [0.29, 0.717) is 6.42 Å². The summed E-state index contributed by atoms with van der Waals surface area (Å²) in [7, 11) is 0. The lowest BCUT2D eigenvalue weighted by molar-refractivity contribution is 0.587. The second-order valence-corrected chi connectivity index (χ2v) is 5.26. The molecule has 0 aliphatic rings. The van der Waals surface area contributed by atoms with Crippen LogP contribution in [-0.4, -0.2) is 9.78 Å². The van der Waals surface area contributed by atoms with Crippen molar-refractivity contribution >= 4 is 11.6 Å². The van der Waals surface area contributed by atoms with Gasteiger partial charge in [0.25, 0.3) is 0 Å². The maximum Gasteiger partial charge on any atom is 0.0847 e. The number of hydrogen-bond acceptors (Lipinski definition) is 2. The fourth-order valence-corrected chi connectivity index (χ4v) is 2.42. The molecule has 0 bridgehead atoms. The van der Waals surface area contributed by atoms with Gasteiger partial charge in [-0.1, -0.05) is 41.4 Å². The quantitative estimate of drug-likeness (QED) is 0.931. The summed E-state index contributed by atoms with van der Waals surface area (Å²) in [6.45, 7) is 6.87. The van der Waals surface area contributed by atoms with Crippen LogP contribution in [0.25, 0.3) is 0 Å². The lowest BCUT2D eigenvalue weighted by atomic mass is 10.0. The predicted molar refractivity (Wildman–Crippen MR) is 79.5 cm³/mol. The molecule has 1 atom stereocenters. The molecular formula is C15H20ClN3. The first-order valence-corrected chi connectivity index (χ1v) is 6.94. The number of nitrogens with zero attached hydrogens (tertiary/aromatic N) is 2. The third kappa shape index (κ3) is 2.99. The monoisotopic (exact) mass is 277 g/mol. The molecule has 0 aliphatic carbocycles. The highest BCUT2D eigenvalue weighted by atomic mass is 35.5. The minimum atomic E-state index is -0.0560. The van der Waals surface area contributed by atoms with Crippen LogP contribution in [-0.2, 0) is 13.0 Å². The van der Waals surface area contributed by atoms with Gasteiger partial charge in [-0.15, -0.1) is 0 Å². The van der Waals surface area contributed by atoms with Gasteiger partial charge in [0.15, 0.2) is 0 Å². The van der Waals surface area contributed by atoms with Crippen molar-refractivity contribution in [2.45, 2.75) is 39.8 Å². The second kappa shape index (κ2) is 5.76. The Kier molecular flexibility index (Phi) is 4.27. The average molecular weight is 278 g/mol. The fourth-order valence-electron chi connectivity index (χ4n) is 2.20. The number of benzene rings is 1. The van der Waals surface area contributed by atoms with Gasteiger partial charge in [-0.05, 0) is 26.3 Å². The molecule has 1 unspecified atom stereocenters. The number of hydrogen-bond donors (Lipinski definition) is 1. The van der Waals surface area contributed by atoms with Crippen molar-refractivity contribution in [3.8, 4) is 0 Å². The van der Waals surface area contributed by atoms with Gasteiger partial charge in [-0.3, -0.25) is 4.68 Å². The van der Waals surface area contributed by atoms with Crippen molar-refractivity contribution in [2.24, 2.45) is 5.73 Å². The van der Waals surface area contributed by atoms with E-state index in [1.807, 2.05) is 11.6 Å². The molecule has 0 radical (unpaired) electrons. The maximum absolute atomic E-state index is 6.31. The zero-order chi connectivity index (χ0) is 14.0. The Morgan fingerprint density at radius 2 is 1.89 bits per heavy atom. The van der Waals surface area contributed by atoms with Crippen molar-refractivity contribution in [3.63, 3.8) is 0 Å². The van der Waals surface area contributed by atoms with Gasteiger partial charge in [-0.25, -0.2) is 0 Å². The molecule has 2 rings (SSSR count). The highest BCUT2D eigenvalue weighted by molar-refractivity contribution is 6.31. The Labute approximate surface area is 119 Å². The molecule has 0 fully saturated rings. The molecule has 0 saturated heterocycles. The molecule has 19 heavy (non-hydrogen) atoms. The van der Waals surface area contributed by atoms with E-state index in [1.54, 1.807) is 0 Å². The van der Waals surface area contributed by atoms with Crippen LogP contribution >= 0.6 is 11.6 Å². The van der Waals surface area contributed by atoms with Gasteiger partial charge >= 0.3 is 0 Å². The van der Waals surface area contributed by atoms with Crippen LogP contribution in [0.2, 0.25) is 5.02 Å². The fraction of sp³-hybridized carbons (Fsp3) is 0.400. The first-order valence-electron chi connectivity index (χ1n) is 6.56. The Hall–Kier alpha value is -1.32. The molecule has 2 aromatic rings. The third-order valence-corrected chi connectivity index (χ3v) is 3.86. The van der Waals surface area contributed by atoms with Gasteiger partial charge < -0.3 is 5.73 Å². The predicted octanol–water partition coefficient (Wildman–Crippen LogP) is 3.42. The molecule has 102 valence electrons. The summed E-state index contributed by atoms with van der Waals surface area (Å²) in [5.41, 5.74) is 10.5. The number of nitrogens with two attached hydrogens (primary N) is 1. The molecule has 0 saturated carbocycles. The number of halogens is 1. The molecular weight excluding hydrogens is 258 g/mol. The smallest absolute Gasteiger partial charge is 0.0847 e. The Balaban J connectivity index is 2.23. The Morgan fingerprint density at radius 3 is 2.47 bits per heavy atom. The van der Waals surface area contributed by atoms with Crippen LogP contribution < -0.4 is 5.73 Å². The molecule has 2 N–H and O–H groups in total. The molecule has 3 nitrogen and oxygen atoms in total. The minimum Gasteiger partial charge on any atom is -0.324 e. The first kappa shape index (κ1) is 14.1. The summed E-state index contributed by atoms with van der Waals surface area (Å²) in [5.74, 6) is 0. The van der Waals surface area contributed by atoms with Gasteiger partial charge in [-0.2, -0.15) is 5.10 Å². The molecule has 0 amide bonds. The largest absolute Gasteiger partial charge is 0.324 e. The third-order valence-electron chi connectivity index (χ3n) is 3.37. The SMILES string of the molecule is CCn1nc(C)c(Cl)c1CC(N)c1ccc(C)cc1. The van der Waals surface area contributed by atoms with E-state index in [2.05, 4.69) is 43.2 Å². The summed E-state index contributed by atoms with van der Waals surface area (Å²) < 4.78 is 1.94. The normalized spacial score (nSPS) is 12.7. The lowest BCUT2D eigenvalue weighted by Gasteiger charge is -2.13. The minimum absolute atomic E-state index is 0.0560. The van der Waals surface area contributed by atoms with Gasteiger partial charge in [0.2, 0.25) is 0 Å². The summed E-state index contributed by atoms with van der Waals surface area (Å²) in [6.07, 6.45) is 0.705. The van der Waals surface area contributed by atoms with E-state index in [0.717, 1.165) is 28.5 Å². The highest BCUT2D eigenvalue weighted by Crippen LogP contribution is 2.25. The van der Waals surface area contributed by atoms with Gasteiger partial charge in [0, 0.05) is 19.0 Å². The van der Waals surface area contributed by atoms with Crippen LogP contribution in [0.4, 0.5) is 0 Å². The standard InChI is InChI=1S/C15H20ClN3/c1-4-19-14(15(16)11(3)18-19)9-13(17)12-7-5-10(2)6-8-12/h5-8,13H,4,9,17H2,1-3H3. The van der Waals surface area contributed by atoms with Crippen LogP contribution in [0.15, 0.2) is 24.3 Å². The lowest BCUT2D eigenvalue weighted by Crippen LogP contribution is -2.16. The Morgan fingerprint density at radius 1 is 1.26 bits per heavy atom. The first-order chi connectivity index (χ1) is 9.02. The molecule has 1 aromatic heterocycles. The molecule has 0 spiro atoms. The van der Waals surface area contributed by atoms with Crippen LogP contribution in [0.5, 0.6) is 0 Å². The second-order valence-electron chi connectivity index (χ2n) is 4.88. The molecule has 1 heterocycles. The summed E-state index contributed by atoms with van der Waals surface area (Å²) in [4.78, 5) is 0. The Bertz CT molecular complexity index is 558. The van der Waals surface area contributed by atoms with E-state index in [4.69, 9.17) is 17.3 Å². The van der Waals surface area contributed by atoms with Crippen molar-refractivity contribution in [2.75, 3.05) is 0 Å². The van der Waals surface area contributed by atoms with Crippen molar-refractivity contribution in [1.29, 1.82) is 0 Å². The topological polar surface area (TPSA) is 43.8 Å². The van der Waals surface area contributed by atoms with Crippen molar-refractivity contribution < 1.29 is 0 Å². The van der Waals surface area contributed by atoms with Crippen LogP contribution in [0, 0.1) is 13.8 Å². The van der Waals surface area contributed by atoms with Gasteiger partial charge in [0.1, 0.15) is 0 Å².